The molecular weight excluding hydrogens is 292 g/mol. The van der Waals surface area contributed by atoms with Gasteiger partial charge in [-0.3, -0.25) is 9.88 Å². The van der Waals surface area contributed by atoms with Crippen molar-refractivity contribution < 1.29 is 9.84 Å². The number of aliphatic hydroxyl groups excluding tert-OH is 1. The molecule has 1 fully saturated rings. The van der Waals surface area contributed by atoms with Crippen LogP contribution in [0.3, 0.4) is 0 Å². The Balaban J connectivity index is 1.74. The first-order valence-corrected chi connectivity index (χ1v) is 8.11. The fourth-order valence-electron chi connectivity index (χ4n) is 3.06. The lowest BCUT2D eigenvalue weighted by Gasteiger charge is -2.31. The summed E-state index contributed by atoms with van der Waals surface area (Å²) in [7, 11) is 1.90. The number of hydrogen-bond acceptors (Lipinski definition) is 5. The third-order valence-corrected chi connectivity index (χ3v) is 4.48. The van der Waals surface area contributed by atoms with Gasteiger partial charge in [0.05, 0.1) is 17.5 Å². The van der Waals surface area contributed by atoms with Crippen molar-refractivity contribution in [3.63, 3.8) is 0 Å². The SMILES string of the molecule is Cc1nn(C)c(Oc2cccnc2)c1CN1CCC(CO)CC1. The fourth-order valence-corrected chi connectivity index (χ4v) is 3.06. The van der Waals surface area contributed by atoms with Crippen molar-refractivity contribution in [3.8, 4) is 11.6 Å². The zero-order valence-electron chi connectivity index (χ0n) is 13.8. The molecule has 2 aromatic rings. The Kier molecular flexibility index (Phi) is 4.93. The predicted molar refractivity (Wildman–Crippen MR) is 87.3 cm³/mol. The van der Waals surface area contributed by atoms with Crippen LogP contribution in [-0.4, -0.2) is 44.5 Å². The van der Waals surface area contributed by atoms with Crippen LogP contribution >= 0.6 is 0 Å². The first-order chi connectivity index (χ1) is 11.2. The van der Waals surface area contributed by atoms with Crippen LogP contribution in [0.1, 0.15) is 24.1 Å². The lowest BCUT2D eigenvalue weighted by Crippen LogP contribution is -2.34. The van der Waals surface area contributed by atoms with Gasteiger partial charge in [0.1, 0.15) is 5.75 Å². The Morgan fingerprint density at radius 1 is 1.35 bits per heavy atom. The van der Waals surface area contributed by atoms with Gasteiger partial charge >= 0.3 is 0 Å². The summed E-state index contributed by atoms with van der Waals surface area (Å²) < 4.78 is 7.81. The van der Waals surface area contributed by atoms with Crippen molar-refractivity contribution in [2.45, 2.75) is 26.3 Å². The number of piperidine rings is 1. The molecule has 0 aromatic carbocycles. The normalized spacial score (nSPS) is 16.7. The van der Waals surface area contributed by atoms with Gasteiger partial charge in [-0.05, 0) is 50.9 Å². The summed E-state index contributed by atoms with van der Waals surface area (Å²) in [6.45, 7) is 5.16. The van der Waals surface area contributed by atoms with E-state index in [0.717, 1.165) is 55.4 Å². The minimum Gasteiger partial charge on any atom is -0.437 e. The van der Waals surface area contributed by atoms with Crippen LogP contribution in [0.2, 0.25) is 0 Å². The number of nitrogens with zero attached hydrogens (tertiary/aromatic N) is 4. The molecule has 23 heavy (non-hydrogen) atoms. The van der Waals surface area contributed by atoms with Gasteiger partial charge < -0.3 is 9.84 Å². The van der Waals surface area contributed by atoms with Crippen LogP contribution in [0, 0.1) is 12.8 Å². The fraction of sp³-hybridized carbons (Fsp3) is 0.529. The molecule has 0 spiro atoms. The highest BCUT2D eigenvalue weighted by Gasteiger charge is 2.22. The number of aliphatic hydroxyl groups is 1. The van der Waals surface area contributed by atoms with Gasteiger partial charge in [0.15, 0.2) is 0 Å². The van der Waals surface area contributed by atoms with E-state index in [0.29, 0.717) is 12.5 Å². The molecule has 1 N–H and O–H groups in total. The Morgan fingerprint density at radius 2 is 2.13 bits per heavy atom. The van der Waals surface area contributed by atoms with Crippen molar-refractivity contribution in [2.75, 3.05) is 19.7 Å². The first-order valence-electron chi connectivity index (χ1n) is 8.11. The van der Waals surface area contributed by atoms with Crippen molar-refractivity contribution in [1.29, 1.82) is 0 Å². The third-order valence-electron chi connectivity index (χ3n) is 4.48. The van der Waals surface area contributed by atoms with Gasteiger partial charge in [-0.25, -0.2) is 4.68 Å². The van der Waals surface area contributed by atoms with Gasteiger partial charge in [0.25, 0.3) is 0 Å². The van der Waals surface area contributed by atoms with E-state index < -0.39 is 0 Å². The summed E-state index contributed by atoms with van der Waals surface area (Å²) >= 11 is 0. The van der Waals surface area contributed by atoms with E-state index in [1.807, 2.05) is 26.1 Å². The van der Waals surface area contributed by atoms with Crippen LogP contribution in [0.15, 0.2) is 24.5 Å². The van der Waals surface area contributed by atoms with Crippen LogP contribution in [-0.2, 0) is 13.6 Å². The molecule has 0 amide bonds. The predicted octanol–water partition coefficient (Wildman–Crippen LogP) is 2.12. The molecule has 2 aromatic heterocycles. The second-order valence-electron chi connectivity index (χ2n) is 6.19. The quantitative estimate of drug-likeness (QED) is 0.915. The number of rotatable bonds is 5. The molecule has 6 heteroatoms. The maximum absolute atomic E-state index is 9.26. The average molecular weight is 316 g/mol. The summed E-state index contributed by atoms with van der Waals surface area (Å²) in [5.41, 5.74) is 2.12. The monoisotopic (exact) mass is 316 g/mol. The second-order valence-corrected chi connectivity index (χ2v) is 6.19. The molecule has 0 bridgehead atoms. The molecule has 1 saturated heterocycles. The van der Waals surface area contributed by atoms with E-state index in [4.69, 9.17) is 4.74 Å². The molecule has 0 aliphatic carbocycles. The molecule has 3 heterocycles. The Labute approximate surface area is 136 Å². The van der Waals surface area contributed by atoms with E-state index in [2.05, 4.69) is 15.0 Å². The van der Waals surface area contributed by atoms with Crippen molar-refractivity contribution in [2.24, 2.45) is 13.0 Å². The van der Waals surface area contributed by atoms with Crippen molar-refractivity contribution in [3.05, 3.63) is 35.8 Å². The molecule has 3 rings (SSSR count). The summed E-state index contributed by atoms with van der Waals surface area (Å²) in [4.78, 5) is 6.50. The molecular formula is C17H24N4O2. The summed E-state index contributed by atoms with van der Waals surface area (Å²) in [5, 5.41) is 13.8. The van der Waals surface area contributed by atoms with E-state index in [9.17, 15) is 5.11 Å². The van der Waals surface area contributed by atoms with Crippen molar-refractivity contribution in [1.82, 2.24) is 19.7 Å². The molecule has 6 nitrogen and oxygen atoms in total. The summed E-state index contributed by atoms with van der Waals surface area (Å²) in [6, 6.07) is 3.75. The Bertz CT molecular complexity index is 634. The zero-order chi connectivity index (χ0) is 16.2. The smallest absolute Gasteiger partial charge is 0.222 e. The van der Waals surface area contributed by atoms with Gasteiger partial charge in [0.2, 0.25) is 5.88 Å². The maximum atomic E-state index is 9.26. The highest BCUT2D eigenvalue weighted by atomic mass is 16.5. The summed E-state index contributed by atoms with van der Waals surface area (Å²) in [6.07, 6.45) is 5.54. The lowest BCUT2D eigenvalue weighted by molar-refractivity contribution is 0.126. The van der Waals surface area contributed by atoms with E-state index >= 15 is 0 Å². The minimum absolute atomic E-state index is 0.301. The maximum Gasteiger partial charge on any atom is 0.222 e. The van der Waals surface area contributed by atoms with Gasteiger partial charge in [0, 0.05) is 26.4 Å². The first kappa shape index (κ1) is 16.0. The highest BCUT2D eigenvalue weighted by Crippen LogP contribution is 2.29. The minimum atomic E-state index is 0.301. The van der Waals surface area contributed by atoms with E-state index in [1.165, 1.54) is 0 Å². The Hall–Kier alpha value is -1.92. The molecule has 0 radical (unpaired) electrons. The number of aromatic nitrogens is 3. The zero-order valence-corrected chi connectivity index (χ0v) is 13.8. The largest absolute Gasteiger partial charge is 0.437 e. The number of hydrogen-bond donors (Lipinski definition) is 1. The van der Waals surface area contributed by atoms with Crippen LogP contribution in [0.25, 0.3) is 0 Å². The third kappa shape index (κ3) is 3.71. The molecule has 0 unspecified atom stereocenters. The van der Waals surface area contributed by atoms with Gasteiger partial charge in [-0.15, -0.1) is 0 Å². The number of likely N-dealkylation sites (tertiary alicyclic amines) is 1. The molecule has 124 valence electrons. The molecule has 1 aliphatic heterocycles. The average Bonchev–Trinajstić information content (AvgIpc) is 2.83. The second kappa shape index (κ2) is 7.10. The number of aryl methyl sites for hydroxylation is 2. The summed E-state index contributed by atoms with van der Waals surface area (Å²) in [5.74, 6) is 1.95. The van der Waals surface area contributed by atoms with Crippen LogP contribution in [0.4, 0.5) is 0 Å². The van der Waals surface area contributed by atoms with Crippen LogP contribution in [0.5, 0.6) is 11.6 Å². The highest BCUT2D eigenvalue weighted by molar-refractivity contribution is 5.34. The number of pyridine rings is 1. The molecule has 0 saturated carbocycles. The topological polar surface area (TPSA) is 63.4 Å². The van der Waals surface area contributed by atoms with Gasteiger partial charge in [-0.2, -0.15) is 5.10 Å². The Morgan fingerprint density at radius 3 is 2.78 bits per heavy atom. The standard InChI is InChI=1S/C17H24N4O2/c1-13-16(11-21-8-5-14(12-22)6-9-21)17(20(2)19-13)23-15-4-3-7-18-10-15/h3-4,7,10,14,22H,5-6,8-9,11-12H2,1-2H3. The molecule has 1 aliphatic rings. The van der Waals surface area contributed by atoms with Crippen molar-refractivity contribution >= 4 is 0 Å². The van der Waals surface area contributed by atoms with E-state index in [-0.39, 0.29) is 0 Å². The molecule has 0 atom stereocenters. The van der Waals surface area contributed by atoms with E-state index in [1.54, 1.807) is 17.1 Å². The lowest BCUT2D eigenvalue weighted by atomic mass is 9.97. The van der Waals surface area contributed by atoms with Crippen LogP contribution < -0.4 is 4.74 Å². The number of ether oxygens (including phenoxy) is 1. The van der Waals surface area contributed by atoms with Gasteiger partial charge in [-0.1, -0.05) is 0 Å².